The normalized spacial score (nSPS) is 12.6. The summed E-state index contributed by atoms with van der Waals surface area (Å²) in [6.45, 7) is 1.30. The minimum atomic E-state index is -0.0342. The molecule has 0 aliphatic rings. The predicted octanol–water partition coefficient (Wildman–Crippen LogP) is 2.80. The average Bonchev–Trinajstić information content (AvgIpc) is 2.83. The summed E-state index contributed by atoms with van der Waals surface area (Å²) in [6, 6.07) is 8.16. The second kappa shape index (κ2) is 8.05. The number of rotatable bonds is 7. The number of aromatic nitrogens is 2. The highest BCUT2D eigenvalue weighted by molar-refractivity contribution is 9.10. The Morgan fingerprint density at radius 2 is 2.24 bits per heavy atom. The zero-order valence-electron chi connectivity index (χ0n) is 11.7. The molecule has 0 radical (unpaired) electrons. The molecule has 5 nitrogen and oxygen atoms in total. The van der Waals surface area contributed by atoms with Crippen LogP contribution in [0.2, 0.25) is 0 Å². The Morgan fingerprint density at radius 1 is 1.43 bits per heavy atom. The Morgan fingerprint density at radius 3 is 2.90 bits per heavy atom. The van der Waals surface area contributed by atoms with Crippen LogP contribution in [0.4, 0.5) is 0 Å². The smallest absolute Gasteiger partial charge is 0.0713 e. The molecule has 7 heteroatoms. The number of halogens is 2. The minimum Gasteiger partial charge on any atom is -0.383 e. The number of ether oxygens (including phenoxy) is 1. The van der Waals surface area contributed by atoms with Crippen molar-refractivity contribution in [2.45, 2.75) is 19.0 Å². The highest BCUT2D eigenvalue weighted by atomic mass is 79.9. The summed E-state index contributed by atoms with van der Waals surface area (Å²) < 4.78 is 9.04. The highest BCUT2D eigenvalue weighted by Crippen LogP contribution is 2.26. The maximum atomic E-state index is 5.76. The number of hydrazine groups is 1. The van der Waals surface area contributed by atoms with Crippen LogP contribution in [-0.2, 0) is 17.7 Å². The summed E-state index contributed by atoms with van der Waals surface area (Å²) in [5.41, 5.74) is 5.10. The molecule has 0 spiro atoms. The van der Waals surface area contributed by atoms with Crippen molar-refractivity contribution in [3.05, 3.63) is 50.7 Å². The second-order valence-electron chi connectivity index (χ2n) is 4.65. The molecule has 0 fully saturated rings. The minimum absolute atomic E-state index is 0.0342. The van der Waals surface area contributed by atoms with Gasteiger partial charge in [-0.25, -0.2) is 0 Å². The Balaban J connectivity index is 2.22. The van der Waals surface area contributed by atoms with Crippen LogP contribution in [0.3, 0.4) is 0 Å². The van der Waals surface area contributed by atoms with Crippen molar-refractivity contribution in [1.29, 1.82) is 0 Å². The Kier molecular flexibility index (Phi) is 6.38. The van der Waals surface area contributed by atoms with Gasteiger partial charge in [0.05, 0.1) is 35.6 Å². The van der Waals surface area contributed by atoms with Crippen LogP contribution in [-0.4, -0.2) is 23.5 Å². The predicted molar refractivity (Wildman–Crippen MR) is 89.7 cm³/mol. The molecule has 1 unspecified atom stereocenters. The van der Waals surface area contributed by atoms with E-state index >= 15 is 0 Å². The summed E-state index contributed by atoms with van der Waals surface area (Å²) in [5.74, 6) is 5.76. The van der Waals surface area contributed by atoms with Gasteiger partial charge in [-0.05, 0) is 40.0 Å². The summed E-state index contributed by atoms with van der Waals surface area (Å²) >= 11 is 7.04. The van der Waals surface area contributed by atoms with Gasteiger partial charge < -0.3 is 4.74 Å². The van der Waals surface area contributed by atoms with Gasteiger partial charge in [0.2, 0.25) is 0 Å². The summed E-state index contributed by atoms with van der Waals surface area (Å²) in [6.07, 6.45) is 2.56. The van der Waals surface area contributed by atoms with Gasteiger partial charge in [0.25, 0.3) is 0 Å². The van der Waals surface area contributed by atoms with Crippen molar-refractivity contribution in [3.63, 3.8) is 0 Å². The summed E-state index contributed by atoms with van der Waals surface area (Å²) in [5, 5.41) is 4.37. The van der Waals surface area contributed by atoms with Crippen LogP contribution >= 0.6 is 31.9 Å². The largest absolute Gasteiger partial charge is 0.383 e. The molecule has 1 aromatic carbocycles. The fourth-order valence-corrected chi connectivity index (χ4v) is 3.23. The first kappa shape index (κ1) is 16.6. The van der Waals surface area contributed by atoms with Crippen molar-refractivity contribution >= 4 is 31.9 Å². The molecule has 2 aromatic rings. The molecule has 0 aliphatic carbocycles. The lowest BCUT2D eigenvalue weighted by molar-refractivity contribution is 0.181. The third-order valence-corrected chi connectivity index (χ3v) is 4.30. The van der Waals surface area contributed by atoms with Crippen molar-refractivity contribution in [3.8, 4) is 0 Å². The van der Waals surface area contributed by atoms with E-state index in [9.17, 15) is 0 Å². The molecule has 0 aliphatic heterocycles. The van der Waals surface area contributed by atoms with Crippen LogP contribution in [0.1, 0.15) is 17.3 Å². The maximum absolute atomic E-state index is 5.76. The van der Waals surface area contributed by atoms with Crippen LogP contribution in [0.25, 0.3) is 0 Å². The van der Waals surface area contributed by atoms with Gasteiger partial charge in [0.1, 0.15) is 0 Å². The summed E-state index contributed by atoms with van der Waals surface area (Å²) in [4.78, 5) is 0. The van der Waals surface area contributed by atoms with Crippen molar-refractivity contribution in [2.75, 3.05) is 13.7 Å². The van der Waals surface area contributed by atoms with E-state index in [2.05, 4.69) is 54.5 Å². The zero-order valence-corrected chi connectivity index (χ0v) is 14.9. The third-order valence-electron chi connectivity index (χ3n) is 3.20. The first-order chi connectivity index (χ1) is 10.2. The summed E-state index contributed by atoms with van der Waals surface area (Å²) in [7, 11) is 1.68. The molecule has 0 saturated heterocycles. The van der Waals surface area contributed by atoms with E-state index in [1.54, 1.807) is 13.3 Å². The Labute approximate surface area is 141 Å². The molecule has 1 atom stereocenters. The quantitative estimate of drug-likeness (QED) is 0.537. The second-order valence-corrected chi connectivity index (χ2v) is 6.42. The lowest BCUT2D eigenvalue weighted by Crippen LogP contribution is -2.32. The molecule has 114 valence electrons. The van der Waals surface area contributed by atoms with Gasteiger partial charge in [0.15, 0.2) is 0 Å². The Bertz CT molecular complexity index is 588. The molecular formula is C14H18Br2N4O. The number of hydrogen-bond acceptors (Lipinski definition) is 4. The monoisotopic (exact) mass is 416 g/mol. The van der Waals surface area contributed by atoms with E-state index < -0.39 is 0 Å². The van der Waals surface area contributed by atoms with E-state index in [4.69, 9.17) is 10.6 Å². The van der Waals surface area contributed by atoms with E-state index in [0.717, 1.165) is 21.1 Å². The number of benzene rings is 1. The van der Waals surface area contributed by atoms with Gasteiger partial charge in [-0.3, -0.25) is 16.0 Å². The van der Waals surface area contributed by atoms with Crippen LogP contribution in [0.15, 0.2) is 39.4 Å². The molecule has 1 aromatic heterocycles. The van der Waals surface area contributed by atoms with Gasteiger partial charge in [0, 0.05) is 11.6 Å². The first-order valence-corrected chi connectivity index (χ1v) is 8.15. The number of hydrogen-bond donors (Lipinski definition) is 2. The average molecular weight is 418 g/mol. The number of nitrogens with one attached hydrogen (secondary N) is 1. The zero-order chi connectivity index (χ0) is 15.2. The lowest BCUT2D eigenvalue weighted by atomic mass is 10.0. The number of methoxy groups -OCH3 is 1. The molecule has 3 N–H and O–H groups in total. The fourth-order valence-electron chi connectivity index (χ4n) is 2.21. The highest BCUT2D eigenvalue weighted by Gasteiger charge is 2.19. The standard InChI is InChI=1S/C14H18Br2N4O/c1-21-6-5-20-14(12(16)9-18-20)13(19-17)8-10-3-2-4-11(15)7-10/h2-4,7,9,13,19H,5-6,8,17H2,1H3. The van der Waals surface area contributed by atoms with Crippen LogP contribution < -0.4 is 11.3 Å². The number of nitrogens with zero attached hydrogens (tertiary/aromatic N) is 2. The topological polar surface area (TPSA) is 65.1 Å². The first-order valence-electron chi connectivity index (χ1n) is 6.56. The van der Waals surface area contributed by atoms with E-state index in [-0.39, 0.29) is 6.04 Å². The van der Waals surface area contributed by atoms with Gasteiger partial charge >= 0.3 is 0 Å². The van der Waals surface area contributed by atoms with Crippen LogP contribution in [0.5, 0.6) is 0 Å². The Hall–Kier alpha value is -0.730. The molecule has 21 heavy (non-hydrogen) atoms. The molecule has 1 heterocycles. The van der Waals surface area contributed by atoms with Crippen molar-refractivity contribution < 1.29 is 4.74 Å². The van der Waals surface area contributed by atoms with Gasteiger partial charge in [-0.15, -0.1) is 0 Å². The molecular weight excluding hydrogens is 400 g/mol. The fraction of sp³-hybridized carbons (Fsp3) is 0.357. The van der Waals surface area contributed by atoms with Crippen molar-refractivity contribution in [1.82, 2.24) is 15.2 Å². The third kappa shape index (κ3) is 4.37. The van der Waals surface area contributed by atoms with E-state index in [0.29, 0.717) is 13.2 Å². The molecule has 0 bridgehead atoms. The van der Waals surface area contributed by atoms with Crippen LogP contribution in [0, 0.1) is 0 Å². The SMILES string of the molecule is COCCn1ncc(Br)c1C(Cc1cccc(Br)c1)NN. The molecule has 2 rings (SSSR count). The van der Waals surface area contributed by atoms with Gasteiger partial charge in [-0.1, -0.05) is 28.1 Å². The molecule has 0 saturated carbocycles. The van der Waals surface area contributed by atoms with Gasteiger partial charge in [-0.2, -0.15) is 5.10 Å². The van der Waals surface area contributed by atoms with E-state index in [1.807, 2.05) is 16.8 Å². The lowest BCUT2D eigenvalue weighted by Gasteiger charge is -2.19. The molecule has 0 amide bonds. The number of nitrogens with two attached hydrogens (primary N) is 1. The van der Waals surface area contributed by atoms with E-state index in [1.165, 1.54) is 5.56 Å². The maximum Gasteiger partial charge on any atom is 0.0713 e. The van der Waals surface area contributed by atoms with Crippen molar-refractivity contribution in [2.24, 2.45) is 5.84 Å².